The second kappa shape index (κ2) is 6.34. The van der Waals surface area contributed by atoms with Crippen LogP contribution in [0.15, 0.2) is 42.6 Å². The van der Waals surface area contributed by atoms with Gasteiger partial charge >= 0.3 is 0 Å². The van der Waals surface area contributed by atoms with Crippen LogP contribution in [0.2, 0.25) is 0 Å². The fourth-order valence-corrected chi connectivity index (χ4v) is 2.09. The molecule has 0 amide bonds. The first-order valence-electron chi connectivity index (χ1n) is 6.59. The van der Waals surface area contributed by atoms with Gasteiger partial charge in [-0.3, -0.25) is 4.98 Å². The van der Waals surface area contributed by atoms with Crippen LogP contribution >= 0.6 is 0 Å². The summed E-state index contributed by atoms with van der Waals surface area (Å²) in [5, 5.41) is 13.3. The maximum absolute atomic E-state index is 9.93. The second-order valence-corrected chi connectivity index (χ2v) is 4.81. The fraction of sp³-hybridized carbons (Fsp3) is 0.312. The summed E-state index contributed by atoms with van der Waals surface area (Å²) >= 11 is 0. The van der Waals surface area contributed by atoms with Crippen LogP contribution in [0.4, 0.5) is 0 Å². The fourth-order valence-electron chi connectivity index (χ4n) is 2.09. The number of hydrogen-bond acceptors (Lipinski definition) is 3. The third-order valence-electron chi connectivity index (χ3n) is 3.21. The van der Waals surface area contributed by atoms with Crippen LogP contribution in [0.5, 0.6) is 5.75 Å². The molecule has 1 heterocycles. The molecule has 0 radical (unpaired) electrons. The lowest BCUT2D eigenvalue weighted by atomic mass is 10.0. The van der Waals surface area contributed by atoms with Gasteiger partial charge in [0.25, 0.3) is 0 Å². The Hall–Kier alpha value is -1.87. The van der Waals surface area contributed by atoms with Gasteiger partial charge in [0.05, 0.1) is 0 Å². The van der Waals surface area contributed by atoms with Gasteiger partial charge in [-0.2, -0.15) is 0 Å². The van der Waals surface area contributed by atoms with Gasteiger partial charge in [-0.05, 0) is 37.6 Å². The molecular formula is C16H20N2O. The standard InChI is InChI=1S/C16H20N2O/c1-12-6-7-15(16(19)11-12)13(2)17-10-8-14-5-3-4-9-18-14/h3-7,9,11,13,17,19H,8,10H2,1-2H3. The van der Waals surface area contributed by atoms with Gasteiger partial charge in [0.15, 0.2) is 0 Å². The average Bonchev–Trinajstić information content (AvgIpc) is 2.39. The third kappa shape index (κ3) is 3.80. The summed E-state index contributed by atoms with van der Waals surface area (Å²) in [7, 11) is 0. The normalized spacial score (nSPS) is 12.3. The molecule has 2 N–H and O–H groups in total. The molecule has 19 heavy (non-hydrogen) atoms. The molecule has 0 spiro atoms. The molecule has 3 heteroatoms. The lowest BCUT2D eigenvalue weighted by molar-refractivity contribution is 0.452. The Bertz CT molecular complexity index is 526. The number of aromatic nitrogens is 1. The number of pyridine rings is 1. The lowest BCUT2D eigenvalue weighted by Gasteiger charge is -2.15. The Kier molecular flexibility index (Phi) is 4.53. The van der Waals surface area contributed by atoms with Crippen molar-refractivity contribution in [2.75, 3.05) is 6.54 Å². The summed E-state index contributed by atoms with van der Waals surface area (Å²) in [6, 6.07) is 11.9. The van der Waals surface area contributed by atoms with Crippen LogP contribution in [0.25, 0.3) is 0 Å². The monoisotopic (exact) mass is 256 g/mol. The number of aromatic hydroxyl groups is 1. The number of benzene rings is 1. The van der Waals surface area contributed by atoms with Crippen molar-refractivity contribution in [3.63, 3.8) is 0 Å². The van der Waals surface area contributed by atoms with Crippen LogP contribution in [-0.4, -0.2) is 16.6 Å². The molecule has 0 saturated heterocycles. The Labute approximate surface area is 114 Å². The quantitative estimate of drug-likeness (QED) is 0.864. The van der Waals surface area contributed by atoms with Crippen molar-refractivity contribution in [2.24, 2.45) is 0 Å². The van der Waals surface area contributed by atoms with Gasteiger partial charge in [-0.15, -0.1) is 0 Å². The molecule has 0 fully saturated rings. The topological polar surface area (TPSA) is 45.2 Å². The van der Waals surface area contributed by atoms with E-state index in [9.17, 15) is 5.11 Å². The van der Waals surface area contributed by atoms with E-state index < -0.39 is 0 Å². The van der Waals surface area contributed by atoms with E-state index in [1.807, 2.05) is 43.5 Å². The molecule has 0 saturated carbocycles. The van der Waals surface area contributed by atoms with Gasteiger partial charge in [0.2, 0.25) is 0 Å². The Balaban J connectivity index is 1.89. The van der Waals surface area contributed by atoms with Gasteiger partial charge < -0.3 is 10.4 Å². The minimum atomic E-state index is 0.129. The SMILES string of the molecule is Cc1ccc(C(C)NCCc2ccccn2)c(O)c1. The largest absolute Gasteiger partial charge is 0.508 e. The van der Waals surface area contributed by atoms with Crippen molar-refractivity contribution in [1.29, 1.82) is 0 Å². The predicted molar refractivity (Wildman–Crippen MR) is 77.2 cm³/mol. The maximum atomic E-state index is 9.93. The van der Waals surface area contributed by atoms with Crippen molar-refractivity contribution in [2.45, 2.75) is 26.3 Å². The molecule has 1 aromatic carbocycles. The van der Waals surface area contributed by atoms with Crippen molar-refractivity contribution in [3.05, 3.63) is 59.4 Å². The predicted octanol–water partition coefficient (Wildman–Crippen LogP) is 2.99. The molecule has 0 aliphatic carbocycles. The van der Waals surface area contributed by atoms with E-state index in [2.05, 4.69) is 17.2 Å². The van der Waals surface area contributed by atoms with Crippen LogP contribution in [0.3, 0.4) is 0 Å². The zero-order valence-electron chi connectivity index (χ0n) is 11.4. The van der Waals surface area contributed by atoms with Gasteiger partial charge in [0.1, 0.15) is 5.75 Å². The summed E-state index contributed by atoms with van der Waals surface area (Å²) < 4.78 is 0. The Morgan fingerprint density at radius 3 is 2.79 bits per heavy atom. The van der Waals surface area contributed by atoms with Crippen LogP contribution in [0, 0.1) is 6.92 Å². The van der Waals surface area contributed by atoms with E-state index in [4.69, 9.17) is 0 Å². The first kappa shape index (κ1) is 13.6. The summed E-state index contributed by atoms with van der Waals surface area (Å²) in [5.41, 5.74) is 3.09. The van der Waals surface area contributed by atoms with Crippen molar-refractivity contribution < 1.29 is 5.11 Å². The van der Waals surface area contributed by atoms with Crippen molar-refractivity contribution in [1.82, 2.24) is 10.3 Å². The third-order valence-corrected chi connectivity index (χ3v) is 3.21. The molecule has 2 aromatic rings. The number of hydrogen-bond donors (Lipinski definition) is 2. The molecule has 1 unspecified atom stereocenters. The summed E-state index contributed by atoms with van der Waals surface area (Å²) in [6.07, 6.45) is 2.70. The van der Waals surface area contributed by atoms with E-state index in [0.717, 1.165) is 29.8 Å². The van der Waals surface area contributed by atoms with E-state index in [0.29, 0.717) is 5.75 Å². The highest BCUT2D eigenvalue weighted by molar-refractivity contribution is 5.37. The number of rotatable bonds is 5. The Morgan fingerprint density at radius 1 is 1.26 bits per heavy atom. The molecule has 0 bridgehead atoms. The van der Waals surface area contributed by atoms with Gasteiger partial charge in [-0.25, -0.2) is 0 Å². The van der Waals surface area contributed by atoms with E-state index >= 15 is 0 Å². The second-order valence-electron chi connectivity index (χ2n) is 4.81. The zero-order chi connectivity index (χ0) is 13.7. The minimum Gasteiger partial charge on any atom is -0.508 e. The maximum Gasteiger partial charge on any atom is 0.120 e. The molecule has 2 rings (SSSR count). The van der Waals surface area contributed by atoms with Gasteiger partial charge in [-0.1, -0.05) is 18.2 Å². The number of phenolic OH excluding ortho intramolecular Hbond substituents is 1. The van der Waals surface area contributed by atoms with Crippen molar-refractivity contribution >= 4 is 0 Å². The number of aryl methyl sites for hydroxylation is 1. The highest BCUT2D eigenvalue weighted by atomic mass is 16.3. The zero-order valence-corrected chi connectivity index (χ0v) is 11.4. The van der Waals surface area contributed by atoms with E-state index in [-0.39, 0.29) is 6.04 Å². The number of nitrogens with one attached hydrogen (secondary N) is 1. The molecule has 0 aliphatic rings. The van der Waals surface area contributed by atoms with E-state index in [1.54, 1.807) is 6.07 Å². The van der Waals surface area contributed by atoms with Crippen LogP contribution in [0.1, 0.15) is 29.8 Å². The first-order valence-corrected chi connectivity index (χ1v) is 6.59. The molecule has 1 aromatic heterocycles. The van der Waals surface area contributed by atoms with Gasteiger partial charge in [0, 0.05) is 36.5 Å². The van der Waals surface area contributed by atoms with E-state index in [1.165, 1.54) is 0 Å². The summed E-state index contributed by atoms with van der Waals surface area (Å²) in [4.78, 5) is 4.29. The summed E-state index contributed by atoms with van der Waals surface area (Å²) in [6.45, 7) is 4.87. The van der Waals surface area contributed by atoms with Crippen LogP contribution in [-0.2, 0) is 6.42 Å². The summed E-state index contributed by atoms with van der Waals surface area (Å²) in [5.74, 6) is 0.359. The molecule has 1 atom stereocenters. The molecular weight excluding hydrogens is 236 g/mol. The average molecular weight is 256 g/mol. The first-order chi connectivity index (χ1) is 9.16. The number of nitrogens with zero attached hydrogens (tertiary/aromatic N) is 1. The molecule has 100 valence electrons. The smallest absolute Gasteiger partial charge is 0.120 e. The Morgan fingerprint density at radius 2 is 2.11 bits per heavy atom. The van der Waals surface area contributed by atoms with Crippen LogP contribution < -0.4 is 5.32 Å². The highest BCUT2D eigenvalue weighted by Gasteiger charge is 2.09. The minimum absolute atomic E-state index is 0.129. The molecule has 3 nitrogen and oxygen atoms in total. The number of phenols is 1. The lowest BCUT2D eigenvalue weighted by Crippen LogP contribution is -2.21. The van der Waals surface area contributed by atoms with Crippen molar-refractivity contribution in [3.8, 4) is 5.75 Å². The molecule has 0 aliphatic heterocycles. The highest BCUT2D eigenvalue weighted by Crippen LogP contribution is 2.24.